The number of hydrogen-bond donors (Lipinski definition) is 4. The molecule has 0 aromatic carbocycles. The van der Waals surface area contributed by atoms with Crippen molar-refractivity contribution in [3.63, 3.8) is 0 Å². The fourth-order valence-corrected chi connectivity index (χ4v) is 1.66. The average Bonchev–Trinajstić information content (AvgIpc) is 2.37. The van der Waals surface area contributed by atoms with Crippen LogP contribution in [0.2, 0.25) is 0 Å². The number of amides is 2. The predicted molar refractivity (Wildman–Crippen MR) is 67.5 cm³/mol. The molecule has 1 saturated heterocycles. The quantitative estimate of drug-likeness (QED) is 0.486. The van der Waals surface area contributed by atoms with E-state index in [9.17, 15) is 9.59 Å². The van der Waals surface area contributed by atoms with Gasteiger partial charge in [0.05, 0.1) is 5.92 Å². The van der Waals surface area contributed by atoms with E-state index in [1.165, 1.54) is 0 Å². The minimum Gasteiger partial charge on any atom is -0.481 e. The summed E-state index contributed by atoms with van der Waals surface area (Å²) in [5.41, 5.74) is 0. The van der Waals surface area contributed by atoms with Gasteiger partial charge in [0.2, 0.25) is 0 Å². The predicted octanol–water partition coefficient (Wildman–Crippen LogP) is -1.09. The van der Waals surface area contributed by atoms with E-state index >= 15 is 0 Å². The topological polar surface area (TPSA) is 93.7 Å². The number of carbonyl (C=O) groups excluding carboxylic acids is 1. The molecule has 1 atom stereocenters. The summed E-state index contributed by atoms with van der Waals surface area (Å²) in [5.74, 6) is -1.47. The van der Waals surface area contributed by atoms with Gasteiger partial charge >= 0.3 is 12.0 Å². The lowest BCUT2D eigenvalue weighted by Gasteiger charge is -2.27. The molecule has 0 aromatic heterocycles. The van der Waals surface area contributed by atoms with Crippen LogP contribution in [0.3, 0.4) is 0 Å². The van der Waals surface area contributed by atoms with Crippen LogP contribution in [0.15, 0.2) is 0 Å². The highest BCUT2D eigenvalue weighted by Crippen LogP contribution is 1.91. The number of rotatable bonds is 6. The highest BCUT2D eigenvalue weighted by molar-refractivity contribution is 5.75. The van der Waals surface area contributed by atoms with Gasteiger partial charge in [0.25, 0.3) is 0 Å². The molecule has 1 heterocycles. The second kappa shape index (κ2) is 7.88. The Kier molecular flexibility index (Phi) is 6.45. The van der Waals surface area contributed by atoms with E-state index in [1.54, 1.807) is 6.92 Å². The highest BCUT2D eigenvalue weighted by Gasteiger charge is 2.12. The van der Waals surface area contributed by atoms with Crippen molar-refractivity contribution in [1.82, 2.24) is 20.9 Å². The van der Waals surface area contributed by atoms with E-state index in [0.29, 0.717) is 6.54 Å². The first-order valence-corrected chi connectivity index (χ1v) is 6.27. The van der Waals surface area contributed by atoms with Crippen molar-refractivity contribution < 1.29 is 14.7 Å². The molecule has 18 heavy (non-hydrogen) atoms. The number of carboxylic acids is 1. The lowest BCUT2D eigenvalue weighted by molar-refractivity contribution is -0.140. The highest BCUT2D eigenvalue weighted by atomic mass is 16.4. The van der Waals surface area contributed by atoms with E-state index in [2.05, 4.69) is 20.9 Å². The van der Waals surface area contributed by atoms with Crippen LogP contribution in [0.4, 0.5) is 4.79 Å². The molecular weight excluding hydrogens is 236 g/mol. The lowest BCUT2D eigenvalue weighted by atomic mass is 10.2. The van der Waals surface area contributed by atoms with Crippen molar-refractivity contribution in [2.45, 2.75) is 6.92 Å². The summed E-state index contributed by atoms with van der Waals surface area (Å²) in [5, 5.41) is 17.2. The second-order valence-electron chi connectivity index (χ2n) is 4.47. The van der Waals surface area contributed by atoms with E-state index in [1.807, 2.05) is 0 Å². The van der Waals surface area contributed by atoms with Crippen LogP contribution < -0.4 is 16.0 Å². The number of hydrogen-bond acceptors (Lipinski definition) is 4. The van der Waals surface area contributed by atoms with Gasteiger partial charge in [-0.1, -0.05) is 6.92 Å². The van der Waals surface area contributed by atoms with Crippen LogP contribution in [0, 0.1) is 5.92 Å². The molecule has 7 heteroatoms. The molecule has 104 valence electrons. The van der Waals surface area contributed by atoms with Gasteiger partial charge in [-0.2, -0.15) is 0 Å². The first kappa shape index (κ1) is 14.7. The Balaban J connectivity index is 2.04. The van der Waals surface area contributed by atoms with Crippen LogP contribution >= 0.6 is 0 Å². The molecule has 0 aromatic rings. The number of carbonyl (C=O) groups is 2. The van der Waals surface area contributed by atoms with Gasteiger partial charge in [0.1, 0.15) is 0 Å². The van der Waals surface area contributed by atoms with Gasteiger partial charge in [-0.05, 0) is 0 Å². The number of urea groups is 1. The van der Waals surface area contributed by atoms with E-state index in [4.69, 9.17) is 5.11 Å². The second-order valence-corrected chi connectivity index (χ2v) is 4.47. The van der Waals surface area contributed by atoms with Gasteiger partial charge in [-0.15, -0.1) is 0 Å². The zero-order chi connectivity index (χ0) is 13.4. The van der Waals surface area contributed by atoms with Crippen LogP contribution in [0.25, 0.3) is 0 Å². The summed E-state index contributed by atoms with van der Waals surface area (Å²) in [7, 11) is 0. The molecule has 0 radical (unpaired) electrons. The molecule has 2 amide bonds. The Hall–Kier alpha value is -1.34. The van der Waals surface area contributed by atoms with Gasteiger partial charge in [-0.3, -0.25) is 9.69 Å². The molecule has 1 aliphatic rings. The smallest absolute Gasteiger partial charge is 0.314 e. The van der Waals surface area contributed by atoms with Crippen molar-refractivity contribution in [1.29, 1.82) is 0 Å². The monoisotopic (exact) mass is 258 g/mol. The van der Waals surface area contributed by atoms with Gasteiger partial charge in [-0.25, -0.2) is 4.79 Å². The summed E-state index contributed by atoms with van der Waals surface area (Å²) in [4.78, 5) is 24.2. The van der Waals surface area contributed by atoms with Crippen LogP contribution in [-0.2, 0) is 4.79 Å². The Morgan fingerprint density at radius 1 is 1.33 bits per heavy atom. The largest absolute Gasteiger partial charge is 0.481 e. The average molecular weight is 258 g/mol. The minimum absolute atomic E-state index is 0.148. The zero-order valence-electron chi connectivity index (χ0n) is 10.7. The minimum atomic E-state index is -0.906. The van der Waals surface area contributed by atoms with E-state index in [-0.39, 0.29) is 12.6 Å². The maximum atomic E-state index is 11.4. The molecule has 1 fully saturated rings. The normalized spacial score (nSPS) is 18.1. The maximum Gasteiger partial charge on any atom is 0.314 e. The molecule has 1 aliphatic heterocycles. The number of nitrogens with zero attached hydrogens (tertiary/aromatic N) is 1. The Bertz CT molecular complexity index is 279. The van der Waals surface area contributed by atoms with Crippen molar-refractivity contribution in [2.24, 2.45) is 5.92 Å². The third-order valence-corrected chi connectivity index (χ3v) is 2.91. The molecule has 7 nitrogen and oxygen atoms in total. The summed E-state index contributed by atoms with van der Waals surface area (Å²) < 4.78 is 0. The Morgan fingerprint density at radius 2 is 2.00 bits per heavy atom. The van der Waals surface area contributed by atoms with E-state index in [0.717, 1.165) is 32.7 Å². The van der Waals surface area contributed by atoms with E-state index < -0.39 is 11.9 Å². The fourth-order valence-electron chi connectivity index (χ4n) is 1.66. The van der Waals surface area contributed by atoms with Crippen LogP contribution in [0.1, 0.15) is 6.92 Å². The Morgan fingerprint density at radius 3 is 2.61 bits per heavy atom. The van der Waals surface area contributed by atoms with Gasteiger partial charge in [0, 0.05) is 45.8 Å². The molecule has 4 N–H and O–H groups in total. The number of nitrogens with one attached hydrogen (secondary N) is 3. The number of aliphatic carboxylic acids is 1. The lowest BCUT2D eigenvalue weighted by Crippen LogP contribution is -2.47. The molecule has 1 unspecified atom stereocenters. The summed E-state index contributed by atoms with van der Waals surface area (Å²) in [6, 6.07) is -0.307. The van der Waals surface area contributed by atoms with Crippen LogP contribution in [0.5, 0.6) is 0 Å². The number of carboxylic acid groups (broad SMARTS) is 1. The molecule has 1 rings (SSSR count). The third kappa shape index (κ3) is 5.83. The molecular formula is C11H22N4O3. The fraction of sp³-hybridized carbons (Fsp3) is 0.818. The van der Waals surface area contributed by atoms with Crippen molar-refractivity contribution in [3.8, 4) is 0 Å². The van der Waals surface area contributed by atoms with Gasteiger partial charge < -0.3 is 21.1 Å². The molecule has 0 aliphatic carbocycles. The first-order valence-electron chi connectivity index (χ1n) is 6.27. The third-order valence-electron chi connectivity index (χ3n) is 2.91. The number of piperazine rings is 1. The summed E-state index contributed by atoms with van der Waals surface area (Å²) in [6.45, 7) is 7.08. The summed E-state index contributed by atoms with van der Waals surface area (Å²) in [6.07, 6.45) is 0. The van der Waals surface area contributed by atoms with Crippen molar-refractivity contribution in [3.05, 3.63) is 0 Å². The van der Waals surface area contributed by atoms with Crippen molar-refractivity contribution >= 4 is 12.0 Å². The first-order chi connectivity index (χ1) is 8.59. The van der Waals surface area contributed by atoms with Crippen LogP contribution in [-0.4, -0.2) is 67.8 Å². The maximum absolute atomic E-state index is 11.4. The molecule has 0 saturated carbocycles. The molecule has 0 bridgehead atoms. The summed E-state index contributed by atoms with van der Waals surface area (Å²) >= 11 is 0. The standard InChI is InChI=1S/C11H22N4O3/c1-9(10(16)17)8-14-11(18)13-4-7-15-5-2-12-3-6-15/h9,12H,2-8H2,1H3,(H,16,17)(H2,13,14,18). The molecule has 0 spiro atoms. The van der Waals surface area contributed by atoms with Crippen molar-refractivity contribution in [2.75, 3.05) is 45.8 Å². The SMILES string of the molecule is CC(CNC(=O)NCCN1CCNCC1)C(=O)O. The zero-order valence-corrected chi connectivity index (χ0v) is 10.7. The van der Waals surface area contributed by atoms with Gasteiger partial charge in [0.15, 0.2) is 0 Å². The Labute approximate surface area is 107 Å².